The summed E-state index contributed by atoms with van der Waals surface area (Å²) in [6.45, 7) is 3.69. The van der Waals surface area contributed by atoms with E-state index in [1.165, 1.54) is 47.9 Å². The molecule has 0 spiro atoms. The molecule has 2 aromatic carbocycles. The summed E-state index contributed by atoms with van der Waals surface area (Å²) in [6, 6.07) is 9.27. The summed E-state index contributed by atoms with van der Waals surface area (Å²) in [4.78, 5) is 30.7. The van der Waals surface area contributed by atoms with Gasteiger partial charge in [-0.15, -0.1) is 0 Å². The van der Waals surface area contributed by atoms with Crippen molar-refractivity contribution in [3.63, 3.8) is 0 Å². The molecule has 0 aliphatic rings. The first-order chi connectivity index (χ1) is 24.9. The number of aromatic nitrogens is 6. The second-order valence-electron chi connectivity index (χ2n) is 11.0. The number of nitrogens with one attached hydrogen (secondary N) is 2. The van der Waals surface area contributed by atoms with Crippen LogP contribution in [0, 0.1) is 32.8 Å². The van der Waals surface area contributed by atoms with Gasteiger partial charge in [-0.2, -0.15) is 0 Å². The second-order valence-corrected chi connectivity index (χ2v) is 11.8. The highest BCUT2D eigenvalue weighted by molar-refractivity contribution is 7.71. The monoisotopic (exact) mass is 758 g/mol. The predicted octanol–water partition coefficient (Wildman–Crippen LogP) is 8.53. The van der Waals surface area contributed by atoms with Crippen LogP contribution >= 0.6 is 24.4 Å². The Kier molecular flexibility index (Phi) is 11.7. The van der Waals surface area contributed by atoms with E-state index in [0.29, 0.717) is 46.9 Å². The van der Waals surface area contributed by atoms with Crippen molar-refractivity contribution in [1.29, 1.82) is 0 Å². The number of aromatic amines is 2. The number of rotatable bonds is 10. The first-order valence-electron chi connectivity index (χ1n) is 15.5. The van der Waals surface area contributed by atoms with Crippen molar-refractivity contribution in [1.82, 2.24) is 29.4 Å². The highest BCUT2D eigenvalue weighted by Crippen LogP contribution is 2.33. The fourth-order valence-corrected chi connectivity index (χ4v) is 6.35. The first-order valence-corrected chi connectivity index (χ1v) is 16.3. The average molecular weight is 759 g/mol. The molecule has 0 fully saturated rings. The summed E-state index contributed by atoms with van der Waals surface area (Å²) in [5.41, 5.74) is 1.78. The number of nitrogens with zero attached hydrogens (tertiary/aromatic N) is 4. The number of benzene rings is 2. The van der Waals surface area contributed by atoms with Gasteiger partial charge in [0, 0.05) is 12.1 Å². The Morgan fingerprint density at radius 1 is 0.692 bits per heavy atom. The number of H-pyrrole nitrogens is 2. The summed E-state index contributed by atoms with van der Waals surface area (Å²) in [6.07, 6.45) is 3.79. The molecule has 0 saturated carbocycles. The normalized spacial score (nSPS) is 12.2. The number of hydrogen-bond acceptors (Lipinski definition) is 10. The van der Waals surface area contributed by atoms with Gasteiger partial charge >= 0.3 is 11.9 Å². The van der Waals surface area contributed by atoms with Crippen LogP contribution in [-0.4, -0.2) is 55.6 Å². The Labute approximate surface area is 303 Å². The van der Waals surface area contributed by atoms with Gasteiger partial charge in [-0.1, -0.05) is 36.3 Å². The molecule has 52 heavy (non-hydrogen) atoms. The highest BCUT2D eigenvalue weighted by Gasteiger charge is 2.30. The number of carbonyl (C=O) groups excluding carboxylic acids is 2. The van der Waals surface area contributed by atoms with Crippen LogP contribution in [0.15, 0.2) is 70.0 Å². The standard InChI is InChI=1S/2C17H15F2N3O3S/c2*1-3-12(9-4-5-10(18)11(19)8-9)22-15(16(23)24-2)14(21-17(22)26)13-6-7-20-25-13/h2*4-8,12H,3H2,1-2H3,(H,21,26)/t2*12-/m00/s1. The summed E-state index contributed by atoms with van der Waals surface area (Å²) >= 11 is 10.7. The third-order valence-corrected chi connectivity index (χ3v) is 8.63. The van der Waals surface area contributed by atoms with Crippen LogP contribution in [0.5, 0.6) is 0 Å². The van der Waals surface area contributed by atoms with Gasteiger partial charge in [0.2, 0.25) is 0 Å². The lowest BCUT2D eigenvalue weighted by Gasteiger charge is -2.20. The molecule has 0 unspecified atom stereocenters. The molecule has 6 aromatic rings. The molecule has 272 valence electrons. The highest BCUT2D eigenvalue weighted by atomic mass is 32.1. The molecule has 12 nitrogen and oxygen atoms in total. The van der Waals surface area contributed by atoms with Gasteiger partial charge in [0.25, 0.3) is 0 Å². The maximum atomic E-state index is 13.7. The Hall–Kier alpha value is -5.62. The van der Waals surface area contributed by atoms with Gasteiger partial charge in [0.1, 0.15) is 11.4 Å². The zero-order chi connectivity index (χ0) is 37.7. The molecule has 6 rings (SSSR count). The molecule has 4 aromatic heterocycles. The average Bonchev–Trinajstić information content (AvgIpc) is 3.97. The topological polar surface area (TPSA) is 146 Å². The van der Waals surface area contributed by atoms with E-state index in [9.17, 15) is 27.2 Å². The number of esters is 2. The van der Waals surface area contributed by atoms with Crippen LogP contribution in [0.25, 0.3) is 22.9 Å². The number of imidazole rings is 2. The van der Waals surface area contributed by atoms with Crippen LogP contribution in [0.3, 0.4) is 0 Å². The van der Waals surface area contributed by atoms with E-state index in [0.717, 1.165) is 24.3 Å². The Bertz CT molecular complexity index is 2150. The van der Waals surface area contributed by atoms with E-state index in [4.69, 9.17) is 43.0 Å². The zero-order valence-corrected chi connectivity index (χ0v) is 29.5. The van der Waals surface area contributed by atoms with Crippen molar-refractivity contribution in [3.8, 4) is 22.9 Å². The molecule has 0 amide bonds. The summed E-state index contributed by atoms with van der Waals surface area (Å²) in [5, 5.41) is 7.25. The van der Waals surface area contributed by atoms with Gasteiger partial charge in [0.05, 0.1) is 38.7 Å². The summed E-state index contributed by atoms with van der Waals surface area (Å²) in [7, 11) is 2.48. The van der Waals surface area contributed by atoms with Crippen molar-refractivity contribution in [2.75, 3.05) is 14.2 Å². The van der Waals surface area contributed by atoms with Crippen molar-refractivity contribution < 1.29 is 45.7 Å². The number of methoxy groups -OCH3 is 2. The molecule has 0 saturated heterocycles. The molecular weight excluding hydrogens is 729 g/mol. The van der Waals surface area contributed by atoms with E-state index in [1.54, 1.807) is 12.1 Å². The van der Waals surface area contributed by atoms with Gasteiger partial charge in [-0.25, -0.2) is 27.2 Å². The quantitative estimate of drug-likeness (QED) is 0.0792. The second kappa shape index (κ2) is 16.2. The molecule has 0 aliphatic heterocycles. The third kappa shape index (κ3) is 7.38. The maximum Gasteiger partial charge on any atom is 0.357 e. The van der Waals surface area contributed by atoms with Gasteiger partial charge in [0.15, 0.2) is 55.7 Å². The SMILES string of the molecule is CC[C@@H](c1ccc(F)c(F)c1)n1c(C(=O)OC)c(-c2ccno2)[nH]c1=S.CC[C@@H](c1ccc(F)c(F)c1)n1c(C(=O)OC)c(-c2ccno2)[nH]c1=S. The van der Waals surface area contributed by atoms with Crippen molar-refractivity contribution in [2.24, 2.45) is 0 Å². The maximum absolute atomic E-state index is 13.7. The third-order valence-electron chi connectivity index (χ3n) is 8.04. The number of ether oxygens (including phenoxy) is 2. The van der Waals surface area contributed by atoms with E-state index in [1.807, 2.05) is 13.8 Å². The molecule has 2 atom stereocenters. The van der Waals surface area contributed by atoms with Crippen LogP contribution in [-0.2, 0) is 9.47 Å². The summed E-state index contributed by atoms with van der Waals surface area (Å²) < 4.78 is 77.5. The lowest BCUT2D eigenvalue weighted by molar-refractivity contribution is 0.0578. The van der Waals surface area contributed by atoms with E-state index < -0.39 is 47.3 Å². The Balaban J connectivity index is 0.000000201. The Morgan fingerprint density at radius 3 is 1.37 bits per heavy atom. The number of carbonyl (C=O) groups is 2. The van der Waals surface area contributed by atoms with Gasteiger partial charge in [-0.05, 0) is 72.7 Å². The fraction of sp³-hybridized carbons (Fsp3) is 0.235. The number of halogens is 4. The van der Waals surface area contributed by atoms with E-state index in [2.05, 4.69) is 20.3 Å². The molecule has 0 aliphatic carbocycles. The van der Waals surface area contributed by atoms with Crippen molar-refractivity contribution in [2.45, 2.75) is 38.8 Å². The minimum atomic E-state index is -0.974. The lowest BCUT2D eigenvalue weighted by atomic mass is 10.0. The minimum absolute atomic E-state index is 0.117. The molecule has 4 heterocycles. The minimum Gasteiger partial charge on any atom is -0.464 e. The van der Waals surface area contributed by atoms with Crippen LogP contribution in [0.4, 0.5) is 17.6 Å². The van der Waals surface area contributed by atoms with E-state index >= 15 is 0 Å². The first kappa shape index (κ1) is 37.6. The molecule has 2 N–H and O–H groups in total. The molecular formula is C34H30F4N6O6S2. The molecule has 0 radical (unpaired) electrons. The van der Waals surface area contributed by atoms with Crippen LogP contribution in [0.1, 0.15) is 70.9 Å². The van der Waals surface area contributed by atoms with Gasteiger partial charge < -0.3 is 37.6 Å². The van der Waals surface area contributed by atoms with Crippen molar-refractivity contribution in [3.05, 3.63) is 116 Å². The Morgan fingerprint density at radius 2 is 1.08 bits per heavy atom. The number of hydrogen-bond donors (Lipinski definition) is 2. The van der Waals surface area contributed by atoms with E-state index in [-0.39, 0.29) is 20.9 Å². The van der Waals surface area contributed by atoms with Gasteiger partial charge in [-0.3, -0.25) is 0 Å². The largest absolute Gasteiger partial charge is 0.464 e. The lowest BCUT2D eigenvalue weighted by Crippen LogP contribution is -2.18. The van der Waals surface area contributed by atoms with Crippen molar-refractivity contribution >= 4 is 36.4 Å². The van der Waals surface area contributed by atoms with Crippen LogP contribution in [0.2, 0.25) is 0 Å². The summed E-state index contributed by atoms with van der Waals surface area (Å²) in [5.74, 6) is -4.54. The molecule has 18 heteroatoms. The smallest absolute Gasteiger partial charge is 0.357 e. The molecule has 0 bridgehead atoms. The predicted molar refractivity (Wildman–Crippen MR) is 182 cm³/mol. The fourth-order valence-electron chi connectivity index (χ4n) is 5.71. The van der Waals surface area contributed by atoms with Crippen LogP contribution < -0.4 is 0 Å². The zero-order valence-electron chi connectivity index (χ0n) is 27.9.